The van der Waals surface area contributed by atoms with Gasteiger partial charge in [0.15, 0.2) is 0 Å². The summed E-state index contributed by atoms with van der Waals surface area (Å²) in [6.45, 7) is 0. The van der Waals surface area contributed by atoms with Gasteiger partial charge in [-0.1, -0.05) is 5.92 Å². The van der Waals surface area contributed by atoms with Crippen molar-refractivity contribution in [2.75, 3.05) is 0 Å². The molecule has 0 saturated carbocycles. The van der Waals surface area contributed by atoms with Gasteiger partial charge in [0.2, 0.25) is 0 Å². The minimum absolute atomic E-state index is 0.950. The van der Waals surface area contributed by atoms with Crippen molar-refractivity contribution < 1.29 is 4.42 Å². The number of hydrogen-bond acceptors (Lipinski definition) is 2. The minimum atomic E-state index is 0.950. The number of terminal acetylenes is 1. The maximum absolute atomic E-state index is 5.25. The topological polar surface area (TPSA) is 13.1 Å². The zero-order chi connectivity index (χ0) is 8.39. The van der Waals surface area contributed by atoms with Gasteiger partial charge >= 0.3 is 0 Å². The summed E-state index contributed by atoms with van der Waals surface area (Å²) in [6.07, 6.45) is 8.63. The molecule has 2 aromatic rings. The van der Waals surface area contributed by atoms with Crippen LogP contribution in [0, 0.1) is 12.3 Å². The maximum Gasteiger partial charge on any atom is 0.0989 e. The third-order valence-electron chi connectivity index (χ3n) is 1.55. The van der Waals surface area contributed by atoms with E-state index in [-0.39, 0.29) is 0 Å². The molecule has 2 heteroatoms. The molecule has 0 aliphatic heterocycles. The third kappa shape index (κ3) is 1.15. The Kier molecular flexibility index (Phi) is 1.73. The zero-order valence-electron chi connectivity index (χ0n) is 6.28. The lowest BCUT2D eigenvalue weighted by atomic mass is 10.3. The zero-order valence-corrected chi connectivity index (χ0v) is 7.10. The molecule has 0 aliphatic rings. The Morgan fingerprint density at radius 1 is 1.33 bits per heavy atom. The predicted molar refractivity (Wildman–Crippen MR) is 50.0 cm³/mol. The van der Waals surface area contributed by atoms with Crippen LogP contribution in [-0.4, -0.2) is 0 Å². The second-order valence-electron chi connectivity index (χ2n) is 2.32. The van der Waals surface area contributed by atoms with Crippen LogP contribution in [-0.2, 0) is 0 Å². The molecule has 58 valence electrons. The molecule has 2 heterocycles. The molecule has 0 N–H and O–H groups in total. The lowest BCUT2D eigenvalue weighted by Crippen LogP contribution is -1.59. The molecule has 0 amide bonds. The van der Waals surface area contributed by atoms with Crippen LogP contribution in [0.4, 0.5) is 0 Å². The Morgan fingerprint density at radius 2 is 2.25 bits per heavy atom. The Balaban J connectivity index is 2.44. The first-order valence-electron chi connectivity index (χ1n) is 3.49. The first-order chi connectivity index (χ1) is 5.90. The van der Waals surface area contributed by atoms with Crippen LogP contribution in [0.1, 0.15) is 4.88 Å². The van der Waals surface area contributed by atoms with Gasteiger partial charge in [-0.3, -0.25) is 0 Å². The van der Waals surface area contributed by atoms with Crippen LogP contribution >= 0.6 is 11.3 Å². The standard InChI is InChI=1S/C10H6OS/c1-2-9-3-4-10(12-9)8-5-6-11-7-8/h1,3-7H. The number of furan rings is 1. The molecule has 0 saturated heterocycles. The highest BCUT2D eigenvalue weighted by molar-refractivity contribution is 7.16. The molecular formula is C10H6OS. The van der Waals surface area contributed by atoms with E-state index in [2.05, 4.69) is 5.92 Å². The van der Waals surface area contributed by atoms with Gasteiger partial charge in [-0.15, -0.1) is 17.8 Å². The van der Waals surface area contributed by atoms with E-state index in [9.17, 15) is 0 Å². The summed E-state index contributed by atoms with van der Waals surface area (Å²) >= 11 is 1.59. The van der Waals surface area contributed by atoms with E-state index in [0.29, 0.717) is 0 Å². The van der Waals surface area contributed by atoms with Crippen LogP contribution in [0.25, 0.3) is 10.4 Å². The molecule has 0 unspecified atom stereocenters. The van der Waals surface area contributed by atoms with E-state index in [1.54, 1.807) is 23.9 Å². The number of thiophene rings is 1. The SMILES string of the molecule is C#Cc1ccc(-c2ccoc2)s1. The summed E-state index contributed by atoms with van der Waals surface area (Å²) in [6, 6.07) is 5.86. The van der Waals surface area contributed by atoms with E-state index in [1.807, 2.05) is 18.2 Å². The Labute approximate surface area is 74.7 Å². The van der Waals surface area contributed by atoms with Crippen LogP contribution < -0.4 is 0 Å². The second-order valence-corrected chi connectivity index (χ2v) is 3.40. The molecular weight excluding hydrogens is 168 g/mol. The van der Waals surface area contributed by atoms with Gasteiger partial charge in [-0.25, -0.2) is 0 Å². The lowest BCUT2D eigenvalue weighted by Gasteiger charge is -1.84. The number of hydrogen-bond donors (Lipinski definition) is 0. The van der Waals surface area contributed by atoms with Gasteiger partial charge < -0.3 is 4.42 Å². The monoisotopic (exact) mass is 174 g/mol. The van der Waals surface area contributed by atoms with Crippen molar-refractivity contribution in [2.45, 2.75) is 0 Å². The van der Waals surface area contributed by atoms with Crippen LogP contribution in [0.2, 0.25) is 0 Å². The van der Waals surface area contributed by atoms with Gasteiger partial charge in [0.1, 0.15) is 0 Å². The molecule has 0 spiro atoms. The molecule has 2 rings (SSSR count). The summed E-state index contributed by atoms with van der Waals surface area (Å²) in [5.41, 5.74) is 1.08. The summed E-state index contributed by atoms with van der Waals surface area (Å²) in [5, 5.41) is 0. The quantitative estimate of drug-likeness (QED) is 0.606. The summed E-state index contributed by atoms with van der Waals surface area (Å²) in [4.78, 5) is 2.10. The Bertz CT molecular complexity index is 403. The van der Waals surface area contributed by atoms with Crippen molar-refractivity contribution in [2.24, 2.45) is 0 Å². The maximum atomic E-state index is 5.25. The Hall–Kier alpha value is -1.46. The van der Waals surface area contributed by atoms with Crippen molar-refractivity contribution in [1.29, 1.82) is 0 Å². The van der Waals surface area contributed by atoms with E-state index in [4.69, 9.17) is 10.8 Å². The highest BCUT2D eigenvalue weighted by atomic mass is 32.1. The summed E-state index contributed by atoms with van der Waals surface area (Å²) in [5.74, 6) is 2.60. The van der Waals surface area contributed by atoms with Crippen molar-refractivity contribution >= 4 is 11.3 Å². The largest absolute Gasteiger partial charge is 0.472 e. The van der Waals surface area contributed by atoms with Crippen LogP contribution in [0.5, 0.6) is 0 Å². The molecule has 0 bridgehead atoms. The van der Waals surface area contributed by atoms with Crippen molar-refractivity contribution in [1.82, 2.24) is 0 Å². The molecule has 2 aromatic heterocycles. The first-order valence-corrected chi connectivity index (χ1v) is 4.31. The first kappa shape index (κ1) is 7.20. The molecule has 0 atom stereocenters. The normalized spacial score (nSPS) is 9.58. The highest BCUT2D eigenvalue weighted by Gasteiger charge is 2.01. The summed E-state index contributed by atoms with van der Waals surface area (Å²) < 4.78 is 4.97. The number of rotatable bonds is 1. The summed E-state index contributed by atoms with van der Waals surface area (Å²) in [7, 11) is 0. The second kappa shape index (κ2) is 2.88. The van der Waals surface area contributed by atoms with Gasteiger partial charge in [0, 0.05) is 10.4 Å². The fraction of sp³-hybridized carbons (Fsp3) is 0. The molecule has 12 heavy (non-hydrogen) atoms. The van der Waals surface area contributed by atoms with Crippen LogP contribution in [0.15, 0.2) is 35.1 Å². The lowest BCUT2D eigenvalue weighted by molar-refractivity contribution is 0.568. The highest BCUT2D eigenvalue weighted by Crippen LogP contribution is 2.27. The van der Waals surface area contributed by atoms with Gasteiger partial charge in [-0.2, -0.15) is 0 Å². The smallest absolute Gasteiger partial charge is 0.0989 e. The van der Waals surface area contributed by atoms with Crippen LogP contribution in [0.3, 0.4) is 0 Å². The predicted octanol–water partition coefficient (Wildman–Crippen LogP) is 2.99. The van der Waals surface area contributed by atoms with Crippen molar-refractivity contribution in [3.63, 3.8) is 0 Å². The molecule has 1 nitrogen and oxygen atoms in total. The average molecular weight is 174 g/mol. The third-order valence-corrected chi connectivity index (χ3v) is 2.62. The minimum Gasteiger partial charge on any atom is -0.472 e. The van der Waals surface area contributed by atoms with E-state index < -0.39 is 0 Å². The van der Waals surface area contributed by atoms with E-state index >= 15 is 0 Å². The molecule has 0 aliphatic carbocycles. The van der Waals surface area contributed by atoms with E-state index in [1.165, 1.54) is 0 Å². The molecule has 0 aromatic carbocycles. The van der Waals surface area contributed by atoms with Gasteiger partial charge in [-0.05, 0) is 18.2 Å². The average Bonchev–Trinajstić information content (AvgIpc) is 2.75. The fourth-order valence-electron chi connectivity index (χ4n) is 0.975. The molecule has 0 fully saturated rings. The fourth-order valence-corrected chi connectivity index (χ4v) is 1.78. The van der Waals surface area contributed by atoms with Crippen molar-refractivity contribution in [3.8, 4) is 22.8 Å². The Morgan fingerprint density at radius 3 is 2.83 bits per heavy atom. The van der Waals surface area contributed by atoms with Gasteiger partial charge in [0.05, 0.1) is 17.4 Å². The van der Waals surface area contributed by atoms with E-state index in [0.717, 1.165) is 15.3 Å². The molecule has 0 radical (unpaired) electrons. The van der Waals surface area contributed by atoms with Crippen molar-refractivity contribution in [3.05, 3.63) is 35.6 Å². The van der Waals surface area contributed by atoms with Gasteiger partial charge in [0.25, 0.3) is 0 Å².